The number of carbonyl (C=O) groups is 1. The highest BCUT2D eigenvalue weighted by atomic mass is 79.9. The summed E-state index contributed by atoms with van der Waals surface area (Å²) in [6.45, 7) is 1.47. The summed E-state index contributed by atoms with van der Waals surface area (Å²) in [5, 5.41) is 7.90. The molecule has 0 aliphatic carbocycles. The number of hydrogen-bond donors (Lipinski definition) is 1. The Kier molecular flexibility index (Phi) is 5.40. The Morgan fingerprint density at radius 1 is 1.50 bits per heavy atom. The van der Waals surface area contributed by atoms with Gasteiger partial charge < -0.3 is 5.11 Å². The standard InChI is InChI=1S/C11H11BrF2O3S/c1-6(4-10(15)16)18(17)5-7-9(13)3-2-8(12)11(7)14/h2-3,6H,4-5H2,1H3,(H,15,16). The fourth-order valence-electron chi connectivity index (χ4n) is 1.32. The van der Waals surface area contributed by atoms with E-state index in [0.717, 1.165) is 6.07 Å². The van der Waals surface area contributed by atoms with Crippen LogP contribution in [0.4, 0.5) is 8.78 Å². The molecular formula is C11H11BrF2O3S. The predicted molar refractivity (Wildman–Crippen MR) is 67.6 cm³/mol. The number of hydrogen-bond acceptors (Lipinski definition) is 2. The Labute approximate surface area is 114 Å². The number of carboxylic acids is 1. The molecule has 1 rings (SSSR count). The SMILES string of the molecule is CC(CC(=O)O)S(=O)Cc1c(F)ccc(Br)c1F. The fourth-order valence-corrected chi connectivity index (χ4v) is 2.86. The van der Waals surface area contributed by atoms with E-state index in [9.17, 15) is 17.8 Å². The van der Waals surface area contributed by atoms with E-state index in [0.29, 0.717) is 0 Å². The molecule has 2 atom stereocenters. The lowest BCUT2D eigenvalue weighted by atomic mass is 10.2. The lowest BCUT2D eigenvalue weighted by Crippen LogP contribution is -2.18. The van der Waals surface area contributed by atoms with E-state index in [1.807, 2.05) is 0 Å². The summed E-state index contributed by atoms with van der Waals surface area (Å²) < 4.78 is 38.9. The zero-order valence-electron chi connectivity index (χ0n) is 9.45. The van der Waals surface area contributed by atoms with Gasteiger partial charge in [-0.25, -0.2) is 8.78 Å². The lowest BCUT2D eigenvalue weighted by Gasteiger charge is -2.10. The maximum atomic E-state index is 13.6. The number of halogens is 3. The summed E-state index contributed by atoms with van der Waals surface area (Å²) in [4.78, 5) is 10.5. The Morgan fingerprint density at radius 2 is 2.11 bits per heavy atom. The van der Waals surface area contributed by atoms with Crippen LogP contribution in [0.5, 0.6) is 0 Å². The molecule has 100 valence electrons. The number of aliphatic carboxylic acids is 1. The van der Waals surface area contributed by atoms with Crippen molar-refractivity contribution in [1.29, 1.82) is 0 Å². The van der Waals surface area contributed by atoms with Crippen molar-refractivity contribution in [2.75, 3.05) is 0 Å². The second kappa shape index (κ2) is 6.38. The van der Waals surface area contributed by atoms with E-state index in [4.69, 9.17) is 5.11 Å². The van der Waals surface area contributed by atoms with Crippen LogP contribution in [0.1, 0.15) is 18.9 Å². The Hall–Kier alpha value is -0.820. The van der Waals surface area contributed by atoms with E-state index in [1.54, 1.807) is 0 Å². The van der Waals surface area contributed by atoms with Crippen LogP contribution in [-0.2, 0) is 21.3 Å². The first-order chi connectivity index (χ1) is 8.32. The van der Waals surface area contributed by atoms with Crippen molar-refractivity contribution in [2.24, 2.45) is 0 Å². The molecule has 3 nitrogen and oxygen atoms in total. The summed E-state index contributed by atoms with van der Waals surface area (Å²) in [6.07, 6.45) is -0.302. The highest BCUT2D eigenvalue weighted by Gasteiger charge is 2.20. The molecule has 0 radical (unpaired) electrons. The molecule has 0 spiro atoms. The average Bonchev–Trinajstić information content (AvgIpc) is 2.28. The molecule has 0 saturated heterocycles. The largest absolute Gasteiger partial charge is 0.481 e. The van der Waals surface area contributed by atoms with Crippen LogP contribution in [0, 0.1) is 11.6 Å². The van der Waals surface area contributed by atoms with Crippen molar-refractivity contribution in [3.05, 3.63) is 33.8 Å². The van der Waals surface area contributed by atoms with Crippen LogP contribution in [0.25, 0.3) is 0 Å². The quantitative estimate of drug-likeness (QED) is 0.838. The van der Waals surface area contributed by atoms with Gasteiger partial charge in [0.15, 0.2) is 0 Å². The third-order valence-corrected chi connectivity index (χ3v) is 4.59. The second-order valence-corrected chi connectivity index (χ2v) is 6.46. The number of rotatable bonds is 5. The minimum Gasteiger partial charge on any atom is -0.481 e. The highest BCUT2D eigenvalue weighted by molar-refractivity contribution is 9.10. The monoisotopic (exact) mass is 340 g/mol. The van der Waals surface area contributed by atoms with E-state index in [-0.39, 0.29) is 22.2 Å². The molecule has 0 aromatic heterocycles. The second-order valence-electron chi connectivity index (χ2n) is 3.76. The number of benzene rings is 1. The van der Waals surface area contributed by atoms with E-state index < -0.39 is 33.7 Å². The average molecular weight is 341 g/mol. The van der Waals surface area contributed by atoms with Gasteiger partial charge in [-0.2, -0.15) is 0 Å². The van der Waals surface area contributed by atoms with Gasteiger partial charge in [0.2, 0.25) is 0 Å². The summed E-state index contributed by atoms with van der Waals surface area (Å²) in [6, 6.07) is 2.29. The Bertz CT molecular complexity index is 493. The maximum absolute atomic E-state index is 13.6. The third kappa shape index (κ3) is 3.84. The van der Waals surface area contributed by atoms with E-state index in [2.05, 4.69) is 15.9 Å². The zero-order valence-corrected chi connectivity index (χ0v) is 11.9. The summed E-state index contributed by atoms with van der Waals surface area (Å²) in [7, 11) is -1.65. The van der Waals surface area contributed by atoms with Gasteiger partial charge in [-0.15, -0.1) is 0 Å². The molecule has 0 bridgehead atoms. The van der Waals surface area contributed by atoms with Crippen molar-refractivity contribution >= 4 is 32.7 Å². The lowest BCUT2D eigenvalue weighted by molar-refractivity contribution is -0.136. The minimum atomic E-state index is -1.65. The van der Waals surface area contributed by atoms with Gasteiger partial charge in [-0.1, -0.05) is 6.92 Å². The van der Waals surface area contributed by atoms with Crippen molar-refractivity contribution in [3.63, 3.8) is 0 Å². The van der Waals surface area contributed by atoms with Crippen LogP contribution in [0.15, 0.2) is 16.6 Å². The Balaban J connectivity index is 2.88. The maximum Gasteiger partial charge on any atom is 0.304 e. The molecule has 1 aromatic carbocycles. The first-order valence-electron chi connectivity index (χ1n) is 5.04. The van der Waals surface area contributed by atoms with Crippen LogP contribution in [0.2, 0.25) is 0 Å². The zero-order chi connectivity index (χ0) is 13.9. The van der Waals surface area contributed by atoms with Crippen molar-refractivity contribution in [3.8, 4) is 0 Å². The summed E-state index contributed by atoms with van der Waals surface area (Å²) in [5.41, 5.74) is -0.292. The molecular weight excluding hydrogens is 330 g/mol. The van der Waals surface area contributed by atoms with Gasteiger partial charge in [-0.05, 0) is 28.1 Å². The topological polar surface area (TPSA) is 54.4 Å². The van der Waals surface area contributed by atoms with E-state index >= 15 is 0 Å². The van der Waals surface area contributed by atoms with Gasteiger partial charge in [0, 0.05) is 21.6 Å². The van der Waals surface area contributed by atoms with Crippen LogP contribution < -0.4 is 0 Å². The van der Waals surface area contributed by atoms with Crippen molar-refractivity contribution < 1.29 is 22.9 Å². The highest BCUT2D eigenvalue weighted by Crippen LogP contribution is 2.23. The van der Waals surface area contributed by atoms with E-state index in [1.165, 1.54) is 13.0 Å². The molecule has 0 fully saturated rings. The van der Waals surface area contributed by atoms with Gasteiger partial charge in [-0.3, -0.25) is 9.00 Å². The van der Waals surface area contributed by atoms with Gasteiger partial charge >= 0.3 is 5.97 Å². The van der Waals surface area contributed by atoms with Crippen LogP contribution in [0.3, 0.4) is 0 Å². The first kappa shape index (κ1) is 15.2. The Morgan fingerprint density at radius 3 is 2.67 bits per heavy atom. The predicted octanol–water partition coefficient (Wildman–Crippen LogP) is 2.84. The molecule has 0 aliphatic rings. The summed E-state index contributed by atoms with van der Waals surface area (Å²) >= 11 is 2.91. The van der Waals surface area contributed by atoms with Gasteiger partial charge in [0.25, 0.3) is 0 Å². The normalized spacial score (nSPS) is 14.2. The molecule has 7 heteroatoms. The molecule has 18 heavy (non-hydrogen) atoms. The van der Waals surface area contributed by atoms with Gasteiger partial charge in [0.1, 0.15) is 11.6 Å². The van der Waals surface area contributed by atoms with Gasteiger partial charge in [0.05, 0.1) is 16.6 Å². The van der Waals surface area contributed by atoms with Crippen molar-refractivity contribution in [2.45, 2.75) is 24.3 Å². The molecule has 1 aromatic rings. The van der Waals surface area contributed by atoms with Crippen LogP contribution >= 0.6 is 15.9 Å². The first-order valence-corrected chi connectivity index (χ1v) is 7.21. The molecule has 2 unspecified atom stereocenters. The minimum absolute atomic E-state index is 0.0850. The molecule has 0 aliphatic heterocycles. The van der Waals surface area contributed by atoms with Crippen molar-refractivity contribution in [1.82, 2.24) is 0 Å². The fraction of sp³-hybridized carbons (Fsp3) is 0.364. The number of carboxylic acid groups (broad SMARTS) is 1. The molecule has 1 N–H and O–H groups in total. The smallest absolute Gasteiger partial charge is 0.304 e. The molecule has 0 saturated carbocycles. The molecule has 0 amide bonds. The third-order valence-electron chi connectivity index (χ3n) is 2.34. The van der Waals surface area contributed by atoms with Crippen LogP contribution in [-0.4, -0.2) is 20.5 Å². The summed E-state index contributed by atoms with van der Waals surface area (Å²) in [5.74, 6) is -3.02. The molecule has 0 heterocycles.